The highest BCUT2D eigenvalue weighted by Gasteiger charge is 2.18. The summed E-state index contributed by atoms with van der Waals surface area (Å²) < 4.78 is 16.8. The Morgan fingerprint density at radius 3 is 2.20 bits per heavy atom. The molecule has 0 spiro atoms. The maximum atomic E-state index is 14.5. The van der Waals surface area contributed by atoms with Crippen molar-refractivity contribution in [3.8, 4) is 11.1 Å². The highest BCUT2D eigenvalue weighted by atomic mass is 19.1. The molecule has 0 aliphatic carbocycles. The van der Waals surface area contributed by atoms with Crippen molar-refractivity contribution in [3.63, 3.8) is 0 Å². The normalized spacial score (nSPS) is 11.3. The highest BCUT2D eigenvalue weighted by Crippen LogP contribution is 2.28. The van der Waals surface area contributed by atoms with Crippen LogP contribution in [0.3, 0.4) is 0 Å². The minimum absolute atomic E-state index is 0.211. The number of hydrogen-bond acceptors (Lipinski definition) is 3. The summed E-state index contributed by atoms with van der Waals surface area (Å²) in [6, 6.07) is 29.7. The number of nitrogens with one attached hydrogen (secondary N) is 1. The Hall–Kier alpha value is -4.80. The summed E-state index contributed by atoms with van der Waals surface area (Å²) >= 11 is 0. The standard InChI is InChI=1S/C33H31FN2O.CO2/c1-21-9-8-12-29(32(21)34)23(3)35-33(37)28-17-18-31-30(19-28)22(2)24(4)36(31)20-25-13-15-27(16-14-25)26-10-6-5-7-11-26;2-1-3/h5-19,23H,20H2,1-4H3,(H,35,37);/t23-;/m0./s1. The predicted molar refractivity (Wildman–Crippen MR) is 154 cm³/mol. The minimum Gasteiger partial charge on any atom is -0.345 e. The first-order valence-electron chi connectivity index (χ1n) is 13.0. The Morgan fingerprint density at radius 2 is 1.52 bits per heavy atom. The molecule has 1 aromatic heterocycles. The van der Waals surface area contributed by atoms with Crippen molar-refractivity contribution in [1.82, 2.24) is 9.88 Å². The van der Waals surface area contributed by atoms with Gasteiger partial charge in [0.25, 0.3) is 5.91 Å². The van der Waals surface area contributed by atoms with Crippen LogP contribution in [0.4, 0.5) is 4.39 Å². The topological polar surface area (TPSA) is 68.2 Å². The zero-order valence-corrected chi connectivity index (χ0v) is 23.0. The number of benzene rings is 4. The van der Waals surface area contributed by atoms with Crippen LogP contribution >= 0.6 is 0 Å². The number of hydrogen-bond donors (Lipinski definition) is 1. The number of amides is 1. The molecule has 0 saturated heterocycles. The lowest BCUT2D eigenvalue weighted by atomic mass is 10.0. The zero-order valence-electron chi connectivity index (χ0n) is 23.0. The monoisotopic (exact) mass is 534 g/mol. The molecule has 1 amide bonds. The number of halogens is 1. The SMILES string of the molecule is Cc1cccc([C@H](C)NC(=O)c2ccc3c(c2)c(C)c(C)n3Cc2ccc(-c3ccccc3)cc2)c1F.O=C=O. The van der Waals surface area contributed by atoms with Crippen LogP contribution in [0.15, 0.2) is 91.0 Å². The molecular formula is C34H31FN2O3. The third-order valence-corrected chi connectivity index (χ3v) is 7.34. The molecule has 0 unspecified atom stereocenters. The summed E-state index contributed by atoms with van der Waals surface area (Å²) in [6.45, 7) is 8.51. The molecule has 0 saturated carbocycles. The quantitative estimate of drug-likeness (QED) is 0.248. The zero-order chi connectivity index (χ0) is 28.8. The van der Waals surface area contributed by atoms with E-state index < -0.39 is 6.04 Å². The fourth-order valence-electron chi connectivity index (χ4n) is 4.97. The summed E-state index contributed by atoms with van der Waals surface area (Å²) in [5.41, 5.74) is 8.68. The summed E-state index contributed by atoms with van der Waals surface area (Å²) in [4.78, 5) is 29.3. The van der Waals surface area contributed by atoms with Crippen LogP contribution in [0.2, 0.25) is 0 Å². The average Bonchev–Trinajstić information content (AvgIpc) is 3.20. The van der Waals surface area contributed by atoms with E-state index in [-0.39, 0.29) is 17.9 Å². The van der Waals surface area contributed by atoms with Gasteiger partial charge in [-0.1, -0.05) is 72.8 Å². The average molecular weight is 535 g/mol. The number of carbonyl (C=O) groups excluding carboxylic acids is 3. The molecule has 202 valence electrons. The van der Waals surface area contributed by atoms with E-state index in [1.54, 1.807) is 19.1 Å². The second kappa shape index (κ2) is 12.4. The van der Waals surface area contributed by atoms with Gasteiger partial charge in [0.15, 0.2) is 0 Å². The maximum Gasteiger partial charge on any atom is 0.373 e. The van der Waals surface area contributed by atoms with Crippen molar-refractivity contribution >= 4 is 23.0 Å². The lowest BCUT2D eigenvalue weighted by Gasteiger charge is -2.16. The first kappa shape index (κ1) is 28.2. The maximum absolute atomic E-state index is 14.5. The molecule has 5 rings (SSSR count). The molecule has 0 radical (unpaired) electrons. The molecular weight excluding hydrogens is 503 g/mol. The van der Waals surface area contributed by atoms with Gasteiger partial charge in [0.2, 0.25) is 0 Å². The highest BCUT2D eigenvalue weighted by molar-refractivity contribution is 5.99. The number of aryl methyl sites for hydroxylation is 2. The van der Waals surface area contributed by atoms with Gasteiger partial charge in [-0.2, -0.15) is 9.59 Å². The minimum atomic E-state index is -0.436. The number of nitrogens with zero attached hydrogens (tertiary/aromatic N) is 1. The van der Waals surface area contributed by atoms with Crippen molar-refractivity contribution in [2.24, 2.45) is 0 Å². The lowest BCUT2D eigenvalue weighted by Crippen LogP contribution is -2.27. The summed E-state index contributed by atoms with van der Waals surface area (Å²) in [5.74, 6) is -0.484. The Balaban J connectivity index is 0.00000118. The molecule has 4 aromatic carbocycles. The fraction of sp³-hybridized carbons (Fsp3) is 0.176. The number of carbonyl (C=O) groups is 1. The van der Waals surface area contributed by atoms with Crippen molar-refractivity contribution < 1.29 is 18.8 Å². The van der Waals surface area contributed by atoms with Gasteiger partial charge < -0.3 is 9.88 Å². The number of fused-ring (bicyclic) bond motifs is 1. The van der Waals surface area contributed by atoms with Crippen LogP contribution in [0.5, 0.6) is 0 Å². The third-order valence-electron chi connectivity index (χ3n) is 7.34. The number of rotatable bonds is 6. The lowest BCUT2D eigenvalue weighted by molar-refractivity contribution is -0.191. The van der Waals surface area contributed by atoms with Crippen molar-refractivity contribution in [1.29, 1.82) is 0 Å². The van der Waals surface area contributed by atoms with Gasteiger partial charge in [-0.05, 0) is 73.7 Å². The fourth-order valence-corrected chi connectivity index (χ4v) is 4.97. The van der Waals surface area contributed by atoms with Gasteiger partial charge in [-0.15, -0.1) is 0 Å². The van der Waals surface area contributed by atoms with E-state index >= 15 is 0 Å². The van der Waals surface area contributed by atoms with Crippen molar-refractivity contribution in [2.45, 2.75) is 40.3 Å². The largest absolute Gasteiger partial charge is 0.373 e. The Morgan fingerprint density at radius 1 is 0.875 bits per heavy atom. The smallest absolute Gasteiger partial charge is 0.345 e. The molecule has 6 heteroatoms. The Labute approximate surface area is 233 Å². The second-order valence-corrected chi connectivity index (χ2v) is 9.85. The van der Waals surface area contributed by atoms with E-state index in [9.17, 15) is 9.18 Å². The van der Waals surface area contributed by atoms with Gasteiger partial charge in [0.05, 0.1) is 6.04 Å². The van der Waals surface area contributed by atoms with Crippen molar-refractivity contribution in [3.05, 3.63) is 130 Å². The molecule has 0 bridgehead atoms. The van der Waals surface area contributed by atoms with E-state index in [1.165, 1.54) is 22.4 Å². The van der Waals surface area contributed by atoms with Gasteiger partial charge in [-0.25, -0.2) is 4.39 Å². The second-order valence-electron chi connectivity index (χ2n) is 9.85. The van der Waals surface area contributed by atoms with Crippen LogP contribution in [0, 0.1) is 26.6 Å². The van der Waals surface area contributed by atoms with Crippen LogP contribution in [0.1, 0.15) is 51.3 Å². The van der Waals surface area contributed by atoms with Gasteiger partial charge in [0, 0.05) is 34.3 Å². The van der Waals surface area contributed by atoms with E-state index in [0.29, 0.717) is 16.7 Å². The summed E-state index contributed by atoms with van der Waals surface area (Å²) in [6.07, 6.45) is 0.250. The third kappa shape index (κ3) is 5.93. The van der Waals surface area contributed by atoms with E-state index in [0.717, 1.165) is 23.0 Å². The van der Waals surface area contributed by atoms with Gasteiger partial charge in [0.1, 0.15) is 5.82 Å². The molecule has 1 atom stereocenters. The summed E-state index contributed by atoms with van der Waals surface area (Å²) in [7, 11) is 0. The molecule has 0 fully saturated rings. The van der Waals surface area contributed by atoms with Gasteiger partial charge >= 0.3 is 6.15 Å². The van der Waals surface area contributed by atoms with Crippen LogP contribution < -0.4 is 5.32 Å². The molecule has 0 aliphatic rings. The molecule has 40 heavy (non-hydrogen) atoms. The van der Waals surface area contributed by atoms with E-state index in [2.05, 4.69) is 72.3 Å². The van der Waals surface area contributed by atoms with E-state index in [1.807, 2.05) is 37.3 Å². The molecule has 5 nitrogen and oxygen atoms in total. The van der Waals surface area contributed by atoms with Crippen LogP contribution in [-0.4, -0.2) is 16.6 Å². The summed E-state index contributed by atoms with van der Waals surface area (Å²) in [5, 5.41) is 4.01. The Bertz CT molecular complexity index is 1680. The molecule has 1 heterocycles. The first-order chi connectivity index (χ1) is 19.2. The predicted octanol–water partition coefficient (Wildman–Crippen LogP) is 7.33. The van der Waals surface area contributed by atoms with E-state index in [4.69, 9.17) is 9.59 Å². The van der Waals surface area contributed by atoms with Gasteiger partial charge in [-0.3, -0.25) is 4.79 Å². The first-order valence-corrected chi connectivity index (χ1v) is 13.0. The Kier molecular flexibility index (Phi) is 8.73. The van der Waals surface area contributed by atoms with Crippen molar-refractivity contribution in [2.75, 3.05) is 0 Å². The molecule has 1 N–H and O–H groups in total. The number of aromatic nitrogens is 1. The van der Waals surface area contributed by atoms with Crippen LogP contribution in [0.25, 0.3) is 22.0 Å². The molecule has 5 aromatic rings. The van der Waals surface area contributed by atoms with Crippen LogP contribution in [-0.2, 0) is 16.1 Å². The molecule has 0 aliphatic heterocycles.